The summed E-state index contributed by atoms with van der Waals surface area (Å²) in [7, 11) is 5.09. The van der Waals surface area contributed by atoms with Gasteiger partial charge in [0.25, 0.3) is 0 Å². The van der Waals surface area contributed by atoms with Crippen LogP contribution in [-0.2, 0) is 0 Å². The van der Waals surface area contributed by atoms with Gasteiger partial charge in [-0.25, -0.2) is 0 Å². The van der Waals surface area contributed by atoms with Crippen LogP contribution in [0.25, 0.3) is 0 Å². The highest BCUT2D eigenvalue weighted by atomic mass is 16.6. The van der Waals surface area contributed by atoms with Crippen LogP contribution in [0.2, 0.25) is 0 Å². The van der Waals surface area contributed by atoms with Crippen LogP contribution >= 0.6 is 0 Å². The predicted octanol–water partition coefficient (Wildman–Crippen LogP) is 0.181. The van der Waals surface area contributed by atoms with Gasteiger partial charge in [-0.1, -0.05) is 0 Å². The summed E-state index contributed by atoms with van der Waals surface area (Å²) in [5.74, 6) is 0. The van der Waals surface area contributed by atoms with Crippen molar-refractivity contribution in [2.24, 2.45) is 0 Å². The molecule has 0 saturated carbocycles. The first-order chi connectivity index (χ1) is 7.72. The molecule has 0 aromatic heterocycles. The molecule has 0 atom stereocenters. The van der Waals surface area contributed by atoms with E-state index in [0.717, 1.165) is 0 Å². The van der Waals surface area contributed by atoms with Crippen molar-refractivity contribution in [2.45, 2.75) is 18.5 Å². The van der Waals surface area contributed by atoms with E-state index in [1.807, 2.05) is 0 Å². The second-order valence-corrected chi connectivity index (χ2v) is 4.18. The van der Waals surface area contributed by atoms with Crippen LogP contribution in [0, 0.1) is 20.8 Å². The predicted molar refractivity (Wildman–Crippen MR) is 66.2 cm³/mol. The second-order valence-electron chi connectivity index (χ2n) is 4.18. The van der Waals surface area contributed by atoms with Crippen molar-refractivity contribution in [3.63, 3.8) is 0 Å². The van der Waals surface area contributed by atoms with Crippen molar-refractivity contribution in [1.82, 2.24) is 20.3 Å². The summed E-state index contributed by atoms with van der Waals surface area (Å²) in [5, 5.41) is 47.2. The van der Waals surface area contributed by atoms with E-state index in [2.05, 4.69) is 0 Å². The molecule has 0 fully saturated rings. The molecule has 8 nitrogen and oxygen atoms in total. The van der Waals surface area contributed by atoms with Crippen molar-refractivity contribution in [2.75, 3.05) is 41.3 Å². The molecule has 0 aliphatic heterocycles. The maximum atomic E-state index is 11.6. The van der Waals surface area contributed by atoms with Gasteiger partial charge in [-0.05, 0) is 54.1 Å². The summed E-state index contributed by atoms with van der Waals surface area (Å²) in [4.78, 5) is 0. The molecule has 0 heterocycles. The number of hydrogen-bond donors (Lipinski definition) is 0. The first-order valence-corrected chi connectivity index (χ1v) is 5.31. The van der Waals surface area contributed by atoms with Crippen LogP contribution in [0.15, 0.2) is 0 Å². The molecule has 0 amide bonds. The molecule has 0 radical (unpaired) electrons. The number of nitrogens with zero attached hydrogens (tertiary/aromatic N) is 4. The Kier molecular flexibility index (Phi) is 7.05. The summed E-state index contributed by atoms with van der Waals surface area (Å²) in [6.45, 7) is 0.115. The molecule has 0 aliphatic carbocycles. The van der Waals surface area contributed by atoms with Crippen LogP contribution in [0.3, 0.4) is 0 Å². The fourth-order valence-electron chi connectivity index (χ4n) is 1.63. The molecular formula is C9H20N4O4-4. The molecule has 104 valence electrons. The van der Waals surface area contributed by atoms with Gasteiger partial charge in [0.15, 0.2) is 0 Å². The van der Waals surface area contributed by atoms with Gasteiger partial charge < -0.3 is 41.1 Å². The molecule has 0 bridgehead atoms. The molecular weight excluding hydrogens is 228 g/mol. The summed E-state index contributed by atoms with van der Waals surface area (Å²) in [6, 6.07) is 0. The van der Waals surface area contributed by atoms with E-state index in [-0.39, 0.29) is 25.9 Å². The highest BCUT2D eigenvalue weighted by molar-refractivity contribution is 4.90. The van der Waals surface area contributed by atoms with Crippen LogP contribution in [-0.4, -0.2) is 67.2 Å². The van der Waals surface area contributed by atoms with Gasteiger partial charge >= 0.3 is 0 Å². The topological polar surface area (TPSA) is 105 Å². The zero-order valence-electron chi connectivity index (χ0n) is 10.8. The van der Waals surface area contributed by atoms with E-state index < -0.39 is 5.66 Å². The molecule has 0 spiro atoms. The highest BCUT2D eigenvalue weighted by Crippen LogP contribution is 2.25. The Bertz CT molecular complexity index is 189. The Morgan fingerprint density at radius 2 is 1.00 bits per heavy atom. The maximum absolute atomic E-state index is 11.6. The largest absolute Gasteiger partial charge is 0.785 e. The van der Waals surface area contributed by atoms with Gasteiger partial charge in [0.2, 0.25) is 0 Å². The normalized spacial score (nSPS) is 13.4. The summed E-state index contributed by atoms with van der Waals surface area (Å²) in [5.41, 5.74) is -1.36. The zero-order valence-corrected chi connectivity index (χ0v) is 10.8. The van der Waals surface area contributed by atoms with E-state index in [9.17, 15) is 20.8 Å². The molecule has 0 aromatic carbocycles. The van der Waals surface area contributed by atoms with Gasteiger partial charge in [0.1, 0.15) is 0 Å². The van der Waals surface area contributed by atoms with E-state index in [1.54, 1.807) is 0 Å². The van der Waals surface area contributed by atoms with Crippen LogP contribution in [0.4, 0.5) is 0 Å². The van der Waals surface area contributed by atoms with Gasteiger partial charge in [-0.15, -0.1) is 0 Å². The third kappa shape index (κ3) is 5.23. The lowest BCUT2D eigenvalue weighted by molar-refractivity contribution is 0.00786. The summed E-state index contributed by atoms with van der Waals surface area (Å²) < 4.78 is 0. The summed E-state index contributed by atoms with van der Waals surface area (Å²) in [6.07, 6.45) is 0.168. The first-order valence-electron chi connectivity index (χ1n) is 5.31. The third-order valence-corrected chi connectivity index (χ3v) is 2.83. The number of hydroxylamine groups is 8. The zero-order chi connectivity index (χ0) is 13.6. The number of hydrogen-bond acceptors (Lipinski definition) is 8. The summed E-state index contributed by atoms with van der Waals surface area (Å²) >= 11 is 0. The lowest BCUT2D eigenvalue weighted by Crippen LogP contribution is -2.56. The van der Waals surface area contributed by atoms with Crippen molar-refractivity contribution in [3.05, 3.63) is 20.8 Å². The van der Waals surface area contributed by atoms with Crippen molar-refractivity contribution >= 4 is 0 Å². The average molecular weight is 248 g/mol. The minimum atomic E-state index is -1.36. The fourth-order valence-corrected chi connectivity index (χ4v) is 1.63. The lowest BCUT2D eigenvalue weighted by atomic mass is 10.0. The van der Waals surface area contributed by atoms with Gasteiger partial charge in [0, 0.05) is 0 Å². The minimum Gasteiger partial charge on any atom is -0.785 e. The average Bonchev–Trinajstić information content (AvgIpc) is 2.16. The Balaban J connectivity index is 4.74. The minimum absolute atomic E-state index is 0.0573. The molecule has 0 saturated heterocycles. The molecule has 0 rings (SSSR count). The van der Waals surface area contributed by atoms with Crippen LogP contribution < -0.4 is 0 Å². The standard InChI is InChI=1S/C9H20N4O4/c1-10(14)7-5-9(12(3)16,13(4)17)6-8-11(2)15/h5-8H2,1-4H3/q-4. The van der Waals surface area contributed by atoms with Gasteiger partial charge in [0.05, 0.1) is 5.66 Å². The first kappa shape index (κ1) is 16.7. The Morgan fingerprint density at radius 3 is 1.18 bits per heavy atom. The lowest BCUT2D eigenvalue weighted by Gasteiger charge is -2.57. The third-order valence-electron chi connectivity index (χ3n) is 2.83. The quantitative estimate of drug-likeness (QED) is 0.442. The van der Waals surface area contributed by atoms with E-state index >= 15 is 0 Å². The Morgan fingerprint density at radius 1 is 0.706 bits per heavy atom. The van der Waals surface area contributed by atoms with Crippen molar-refractivity contribution < 1.29 is 0 Å². The van der Waals surface area contributed by atoms with Gasteiger partial charge in [-0.3, -0.25) is 0 Å². The highest BCUT2D eigenvalue weighted by Gasteiger charge is 2.28. The van der Waals surface area contributed by atoms with Crippen LogP contribution in [0.1, 0.15) is 12.8 Å². The maximum Gasteiger partial charge on any atom is 0.0528 e. The van der Waals surface area contributed by atoms with Gasteiger partial charge in [-0.2, -0.15) is 0 Å². The second kappa shape index (κ2) is 7.19. The Hall–Kier alpha value is -0.320. The molecule has 0 aliphatic rings. The SMILES string of the molecule is CN([O-])CCC(CCN(C)[O-])(N(C)[O-])N(C)[O-]. The smallest absolute Gasteiger partial charge is 0.0528 e. The Labute approximate surface area is 102 Å². The van der Waals surface area contributed by atoms with E-state index in [4.69, 9.17) is 0 Å². The monoisotopic (exact) mass is 248 g/mol. The van der Waals surface area contributed by atoms with Crippen LogP contribution in [0.5, 0.6) is 0 Å². The molecule has 0 unspecified atom stereocenters. The van der Waals surface area contributed by atoms with E-state index in [0.29, 0.717) is 20.3 Å². The van der Waals surface area contributed by atoms with Crippen molar-refractivity contribution in [3.8, 4) is 0 Å². The molecule has 8 heteroatoms. The molecule has 0 N–H and O–H groups in total. The van der Waals surface area contributed by atoms with E-state index in [1.165, 1.54) is 28.2 Å². The van der Waals surface area contributed by atoms with Crippen molar-refractivity contribution in [1.29, 1.82) is 0 Å². The number of rotatable bonds is 8. The molecule has 0 aromatic rings. The fraction of sp³-hybridized carbons (Fsp3) is 1.00. The molecule has 17 heavy (non-hydrogen) atoms.